The molecule has 4 aromatic rings. The molecule has 0 atom stereocenters. The van der Waals surface area contributed by atoms with Gasteiger partial charge in [-0.25, -0.2) is 4.98 Å². The zero-order chi connectivity index (χ0) is 18.8. The number of H-pyrrole nitrogens is 1. The number of fused-ring (bicyclic) bond motifs is 1. The highest BCUT2D eigenvalue weighted by atomic mass is 16.1. The Labute approximate surface area is 155 Å². The van der Waals surface area contributed by atoms with Crippen molar-refractivity contribution in [1.29, 1.82) is 0 Å². The normalized spacial score (nSPS) is 10.9. The predicted octanol–water partition coefficient (Wildman–Crippen LogP) is 3.04. The van der Waals surface area contributed by atoms with E-state index in [0.717, 1.165) is 16.3 Å². The van der Waals surface area contributed by atoms with Gasteiger partial charge in [0.25, 0.3) is 0 Å². The van der Waals surface area contributed by atoms with Crippen LogP contribution in [-0.2, 0) is 6.54 Å². The first kappa shape index (κ1) is 16.7. The molecule has 0 aliphatic carbocycles. The molecule has 2 aromatic carbocycles. The van der Waals surface area contributed by atoms with Crippen LogP contribution >= 0.6 is 0 Å². The number of benzene rings is 2. The molecular weight excluding hydrogens is 340 g/mol. The Bertz CT molecular complexity index is 1120. The minimum absolute atomic E-state index is 0.452. The fourth-order valence-corrected chi connectivity index (χ4v) is 2.99. The molecule has 0 fully saturated rings. The molecule has 4 N–H and O–H groups in total. The number of aromatic nitrogens is 4. The minimum Gasteiger partial charge on any atom is -0.366 e. The zero-order valence-electron chi connectivity index (χ0n) is 14.7. The largest absolute Gasteiger partial charge is 0.366 e. The monoisotopic (exact) mass is 358 g/mol. The lowest BCUT2D eigenvalue weighted by molar-refractivity contribution is 0.100. The van der Waals surface area contributed by atoms with Crippen LogP contribution in [0.4, 0.5) is 5.82 Å². The SMILES string of the molecule is Cc1nnc(-c2[nH]cc3c(C(N)=O)cccc23)nc1NCc1ccccc1. The average Bonchev–Trinajstić information content (AvgIpc) is 3.12. The van der Waals surface area contributed by atoms with Crippen LogP contribution in [0.25, 0.3) is 22.3 Å². The number of primary amides is 1. The van der Waals surface area contributed by atoms with Gasteiger partial charge in [-0.2, -0.15) is 0 Å². The van der Waals surface area contributed by atoms with Crippen LogP contribution in [0.2, 0.25) is 0 Å². The first-order valence-electron chi connectivity index (χ1n) is 8.53. The van der Waals surface area contributed by atoms with Gasteiger partial charge in [-0.15, -0.1) is 10.2 Å². The van der Waals surface area contributed by atoms with Gasteiger partial charge in [-0.05, 0) is 18.6 Å². The molecule has 0 aliphatic rings. The lowest BCUT2D eigenvalue weighted by atomic mass is 10.1. The molecule has 0 bridgehead atoms. The minimum atomic E-state index is -0.473. The molecule has 27 heavy (non-hydrogen) atoms. The van der Waals surface area contributed by atoms with Crippen molar-refractivity contribution in [2.45, 2.75) is 13.5 Å². The summed E-state index contributed by atoms with van der Waals surface area (Å²) in [6, 6.07) is 15.4. The van der Waals surface area contributed by atoms with Gasteiger partial charge in [-0.3, -0.25) is 4.79 Å². The van der Waals surface area contributed by atoms with Crippen LogP contribution in [0.3, 0.4) is 0 Å². The summed E-state index contributed by atoms with van der Waals surface area (Å²) in [5.74, 6) is 0.643. The first-order valence-corrected chi connectivity index (χ1v) is 8.53. The highest BCUT2D eigenvalue weighted by molar-refractivity contribution is 6.09. The number of nitrogens with zero attached hydrogens (tertiary/aromatic N) is 3. The maximum absolute atomic E-state index is 11.6. The Hall–Kier alpha value is -3.74. The third-order valence-electron chi connectivity index (χ3n) is 4.38. The van der Waals surface area contributed by atoms with Crippen LogP contribution in [0.1, 0.15) is 21.6 Å². The summed E-state index contributed by atoms with van der Waals surface area (Å²) in [7, 11) is 0. The molecule has 0 saturated heterocycles. The highest BCUT2D eigenvalue weighted by Gasteiger charge is 2.15. The predicted molar refractivity (Wildman–Crippen MR) is 104 cm³/mol. The van der Waals surface area contributed by atoms with Crippen LogP contribution in [0, 0.1) is 6.92 Å². The van der Waals surface area contributed by atoms with Crippen LogP contribution in [0.15, 0.2) is 54.7 Å². The number of aromatic amines is 1. The van der Waals surface area contributed by atoms with E-state index in [2.05, 4.69) is 25.5 Å². The third-order valence-corrected chi connectivity index (χ3v) is 4.38. The molecule has 4 rings (SSSR count). The summed E-state index contributed by atoms with van der Waals surface area (Å²) in [6.45, 7) is 2.49. The van der Waals surface area contributed by atoms with Gasteiger partial charge in [0.15, 0.2) is 5.82 Å². The van der Waals surface area contributed by atoms with Crippen molar-refractivity contribution in [3.05, 3.63) is 71.5 Å². The summed E-state index contributed by atoms with van der Waals surface area (Å²) < 4.78 is 0. The fourth-order valence-electron chi connectivity index (χ4n) is 2.99. The molecule has 134 valence electrons. The highest BCUT2D eigenvalue weighted by Crippen LogP contribution is 2.28. The molecule has 0 unspecified atom stereocenters. The molecule has 7 heteroatoms. The lowest BCUT2D eigenvalue weighted by Crippen LogP contribution is -2.10. The molecule has 0 aliphatic heterocycles. The van der Waals surface area contributed by atoms with Gasteiger partial charge in [0, 0.05) is 29.1 Å². The summed E-state index contributed by atoms with van der Waals surface area (Å²) in [5, 5.41) is 13.3. The number of hydrogen-bond donors (Lipinski definition) is 3. The standard InChI is InChI=1S/C20H18N6O/c1-12-19(23-10-13-6-3-2-4-7-13)24-20(26-25-12)17-14-8-5-9-15(18(21)27)16(14)11-22-17/h2-9,11,22H,10H2,1H3,(H2,21,27)(H,23,24,26). The van der Waals surface area contributed by atoms with E-state index < -0.39 is 5.91 Å². The van der Waals surface area contributed by atoms with Gasteiger partial charge >= 0.3 is 0 Å². The molecule has 0 spiro atoms. The van der Waals surface area contributed by atoms with Crippen molar-refractivity contribution in [2.24, 2.45) is 5.73 Å². The summed E-state index contributed by atoms with van der Waals surface area (Å²) >= 11 is 0. The van der Waals surface area contributed by atoms with Crippen molar-refractivity contribution in [2.75, 3.05) is 5.32 Å². The number of aryl methyl sites for hydroxylation is 1. The number of amides is 1. The van der Waals surface area contributed by atoms with E-state index >= 15 is 0 Å². The number of carbonyl (C=O) groups is 1. The number of nitrogens with one attached hydrogen (secondary N) is 2. The Kier molecular flexibility index (Phi) is 4.25. The number of nitrogens with two attached hydrogens (primary N) is 1. The molecular formula is C20H18N6O. The summed E-state index contributed by atoms with van der Waals surface area (Å²) in [4.78, 5) is 19.4. The Morgan fingerprint density at radius 1 is 1.07 bits per heavy atom. The van der Waals surface area contributed by atoms with Crippen LogP contribution in [0.5, 0.6) is 0 Å². The molecule has 7 nitrogen and oxygen atoms in total. The smallest absolute Gasteiger partial charge is 0.249 e. The average molecular weight is 358 g/mol. The second kappa shape index (κ2) is 6.87. The molecule has 2 aromatic heterocycles. The zero-order valence-corrected chi connectivity index (χ0v) is 14.7. The van der Waals surface area contributed by atoms with Gasteiger partial charge in [0.1, 0.15) is 5.69 Å². The molecule has 2 heterocycles. The maximum Gasteiger partial charge on any atom is 0.249 e. The fraction of sp³-hybridized carbons (Fsp3) is 0.100. The van der Waals surface area contributed by atoms with E-state index in [-0.39, 0.29) is 0 Å². The van der Waals surface area contributed by atoms with Crippen LogP contribution < -0.4 is 11.1 Å². The van der Waals surface area contributed by atoms with E-state index in [0.29, 0.717) is 35.1 Å². The van der Waals surface area contributed by atoms with E-state index in [1.165, 1.54) is 0 Å². The van der Waals surface area contributed by atoms with Crippen molar-refractivity contribution >= 4 is 22.5 Å². The van der Waals surface area contributed by atoms with E-state index in [9.17, 15) is 4.79 Å². The maximum atomic E-state index is 11.6. The van der Waals surface area contributed by atoms with E-state index in [4.69, 9.17) is 5.73 Å². The summed E-state index contributed by atoms with van der Waals surface area (Å²) in [5.41, 5.74) is 8.47. The molecule has 1 amide bonds. The quantitative estimate of drug-likeness (QED) is 0.508. The Balaban J connectivity index is 1.70. The lowest BCUT2D eigenvalue weighted by Gasteiger charge is -2.09. The van der Waals surface area contributed by atoms with E-state index in [1.807, 2.05) is 43.3 Å². The Morgan fingerprint density at radius 2 is 1.89 bits per heavy atom. The first-order chi connectivity index (χ1) is 13.1. The van der Waals surface area contributed by atoms with E-state index in [1.54, 1.807) is 18.3 Å². The number of rotatable bonds is 5. The van der Waals surface area contributed by atoms with Gasteiger partial charge in [0.05, 0.1) is 5.69 Å². The van der Waals surface area contributed by atoms with Crippen molar-refractivity contribution in [1.82, 2.24) is 20.2 Å². The second-order valence-electron chi connectivity index (χ2n) is 6.20. The molecule has 0 saturated carbocycles. The van der Waals surface area contributed by atoms with Crippen LogP contribution in [-0.4, -0.2) is 26.1 Å². The van der Waals surface area contributed by atoms with Crippen molar-refractivity contribution < 1.29 is 4.79 Å². The van der Waals surface area contributed by atoms with Gasteiger partial charge in [0.2, 0.25) is 11.7 Å². The summed E-state index contributed by atoms with van der Waals surface area (Å²) in [6.07, 6.45) is 1.74. The third kappa shape index (κ3) is 3.22. The number of carbonyl (C=O) groups excluding carboxylic acids is 1. The van der Waals surface area contributed by atoms with Crippen molar-refractivity contribution in [3.8, 4) is 11.5 Å². The molecule has 0 radical (unpaired) electrons. The van der Waals surface area contributed by atoms with Crippen molar-refractivity contribution in [3.63, 3.8) is 0 Å². The number of hydrogen-bond acceptors (Lipinski definition) is 5. The van der Waals surface area contributed by atoms with Gasteiger partial charge < -0.3 is 16.0 Å². The number of anilines is 1. The second-order valence-corrected chi connectivity index (χ2v) is 6.20. The Morgan fingerprint density at radius 3 is 2.67 bits per heavy atom. The van der Waals surface area contributed by atoms with Gasteiger partial charge in [-0.1, -0.05) is 42.5 Å². The topological polar surface area (TPSA) is 110 Å².